The highest BCUT2D eigenvalue weighted by Gasteiger charge is 2.71. The molecule has 0 saturated carbocycles. The number of hydrogen-bond donors (Lipinski definition) is 2. The second-order valence-corrected chi connectivity index (χ2v) is 6.96. The molecule has 0 fully saturated rings. The Morgan fingerprint density at radius 3 is 2.56 bits per heavy atom. The molecule has 0 saturated heterocycles. The Labute approximate surface area is 145 Å². The molecular weight excluding hydrogens is 318 g/mol. The van der Waals surface area contributed by atoms with Crippen molar-refractivity contribution in [3.63, 3.8) is 0 Å². The van der Waals surface area contributed by atoms with Crippen LogP contribution in [0.5, 0.6) is 5.75 Å². The predicted molar refractivity (Wildman–Crippen MR) is 91.3 cm³/mol. The summed E-state index contributed by atoms with van der Waals surface area (Å²) in [7, 11) is 0. The van der Waals surface area contributed by atoms with Gasteiger partial charge in [0.25, 0.3) is 5.79 Å². The molecule has 2 aromatic carbocycles. The molecule has 0 spiro atoms. The van der Waals surface area contributed by atoms with Crippen LogP contribution in [0.25, 0.3) is 0 Å². The number of aliphatic hydroxyl groups is 1. The van der Waals surface area contributed by atoms with Gasteiger partial charge < -0.3 is 15.2 Å². The zero-order valence-electron chi connectivity index (χ0n) is 14.3. The van der Waals surface area contributed by atoms with Crippen LogP contribution in [-0.4, -0.2) is 16.8 Å². The maximum absolute atomic E-state index is 13.3. The summed E-state index contributed by atoms with van der Waals surface area (Å²) in [4.78, 5) is 25.2. The van der Waals surface area contributed by atoms with E-state index in [0.29, 0.717) is 22.4 Å². The van der Waals surface area contributed by atoms with Crippen LogP contribution in [0.15, 0.2) is 42.5 Å². The van der Waals surface area contributed by atoms with Crippen molar-refractivity contribution >= 4 is 11.7 Å². The van der Waals surface area contributed by atoms with E-state index in [2.05, 4.69) is 19.2 Å². The molecule has 1 aliphatic heterocycles. The summed E-state index contributed by atoms with van der Waals surface area (Å²) in [6, 6.07) is 12.3. The van der Waals surface area contributed by atoms with E-state index in [1.807, 2.05) is 12.1 Å². The van der Waals surface area contributed by atoms with Gasteiger partial charge in [-0.05, 0) is 17.5 Å². The number of hydrogen-bond acceptors (Lipinski definition) is 4. The van der Waals surface area contributed by atoms with E-state index < -0.39 is 17.2 Å². The fourth-order valence-corrected chi connectivity index (χ4v) is 3.90. The lowest BCUT2D eigenvalue weighted by molar-refractivity contribution is -0.175. The Morgan fingerprint density at radius 2 is 1.88 bits per heavy atom. The number of Topliss-reactive ketones (excluding diaryl/α,β-unsaturated/α-hetero) is 1. The molecular formula is C20H19NO4. The average Bonchev–Trinajstić information content (AvgIpc) is 2.92. The zero-order valence-corrected chi connectivity index (χ0v) is 14.3. The smallest absolute Gasteiger partial charge is 0.271 e. The van der Waals surface area contributed by atoms with Crippen LogP contribution >= 0.6 is 0 Å². The van der Waals surface area contributed by atoms with Crippen molar-refractivity contribution in [1.82, 2.24) is 5.32 Å². The first-order valence-corrected chi connectivity index (χ1v) is 8.30. The molecule has 2 aromatic rings. The first-order chi connectivity index (χ1) is 11.8. The summed E-state index contributed by atoms with van der Waals surface area (Å²) in [6.07, 6.45) is 0. The highest BCUT2D eigenvalue weighted by atomic mass is 16.6. The highest BCUT2D eigenvalue weighted by Crippen LogP contribution is 2.58. The number of amides is 1. The van der Waals surface area contributed by atoms with Crippen molar-refractivity contribution < 1.29 is 19.4 Å². The summed E-state index contributed by atoms with van der Waals surface area (Å²) >= 11 is 0. The quantitative estimate of drug-likeness (QED) is 0.883. The predicted octanol–water partition coefficient (Wildman–Crippen LogP) is 2.58. The molecule has 1 aliphatic carbocycles. The number of carbonyl (C=O) groups excluding carboxylic acids is 2. The van der Waals surface area contributed by atoms with Crippen LogP contribution in [-0.2, 0) is 16.1 Å². The molecule has 128 valence electrons. The van der Waals surface area contributed by atoms with E-state index in [-0.39, 0.29) is 11.7 Å². The van der Waals surface area contributed by atoms with E-state index >= 15 is 0 Å². The number of carbonyl (C=O) groups is 2. The van der Waals surface area contributed by atoms with Gasteiger partial charge in [0.15, 0.2) is 0 Å². The molecule has 1 amide bonds. The molecule has 0 radical (unpaired) electrons. The minimum Gasteiger partial charge on any atom is -0.454 e. The lowest BCUT2D eigenvalue weighted by Gasteiger charge is -2.34. The van der Waals surface area contributed by atoms with Gasteiger partial charge in [-0.2, -0.15) is 0 Å². The van der Waals surface area contributed by atoms with Gasteiger partial charge in [-0.25, -0.2) is 0 Å². The molecule has 5 heteroatoms. The van der Waals surface area contributed by atoms with Crippen molar-refractivity contribution in [3.8, 4) is 5.75 Å². The SMILES string of the molecule is CC(=O)NC12C(=O)c3ccccc3C1(O)Oc1cc(C(C)C)ccc12. The third kappa shape index (κ3) is 1.81. The fraction of sp³-hybridized carbons (Fsp3) is 0.300. The van der Waals surface area contributed by atoms with Crippen molar-refractivity contribution in [2.75, 3.05) is 0 Å². The molecule has 25 heavy (non-hydrogen) atoms. The third-order valence-corrected chi connectivity index (χ3v) is 5.08. The molecule has 2 aliphatic rings. The zero-order chi connectivity index (χ0) is 18.0. The highest BCUT2D eigenvalue weighted by molar-refractivity contribution is 6.12. The van der Waals surface area contributed by atoms with E-state index in [4.69, 9.17) is 4.74 Å². The molecule has 2 atom stereocenters. The Hall–Kier alpha value is -2.66. The van der Waals surface area contributed by atoms with Gasteiger partial charge in [-0.3, -0.25) is 9.59 Å². The summed E-state index contributed by atoms with van der Waals surface area (Å²) < 4.78 is 5.93. The Kier molecular flexibility index (Phi) is 3.12. The summed E-state index contributed by atoms with van der Waals surface area (Å²) in [5.74, 6) is -2.04. The summed E-state index contributed by atoms with van der Waals surface area (Å²) in [6.45, 7) is 5.43. The number of rotatable bonds is 2. The molecule has 2 N–H and O–H groups in total. The lowest BCUT2D eigenvalue weighted by Crippen LogP contribution is -2.59. The minimum absolute atomic E-state index is 0.267. The Balaban J connectivity index is 2.01. The second-order valence-electron chi connectivity index (χ2n) is 6.96. The molecule has 4 rings (SSSR count). The van der Waals surface area contributed by atoms with Crippen LogP contribution in [0.1, 0.15) is 53.7 Å². The van der Waals surface area contributed by atoms with Crippen molar-refractivity contribution in [2.45, 2.75) is 38.0 Å². The van der Waals surface area contributed by atoms with Crippen molar-refractivity contribution in [1.29, 1.82) is 0 Å². The minimum atomic E-state index is -1.95. The first kappa shape index (κ1) is 15.8. The third-order valence-electron chi connectivity index (χ3n) is 5.08. The van der Waals surface area contributed by atoms with Crippen LogP contribution in [0, 0.1) is 0 Å². The van der Waals surface area contributed by atoms with Gasteiger partial charge in [-0.1, -0.05) is 50.2 Å². The van der Waals surface area contributed by atoms with Crippen molar-refractivity contribution in [3.05, 3.63) is 64.7 Å². The molecule has 1 heterocycles. The number of nitrogens with one attached hydrogen (secondary N) is 1. The van der Waals surface area contributed by atoms with Gasteiger partial charge in [0.1, 0.15) is 5.75 Å². The van der Waals surface area contributed by atoms with Crippen LogP contribution in [0.3, 0.4) is 0 Å². The van der Waals surface area contributed by atoms with Gasteiger partial charge >= 0.3 is 0 Å². The van der Waals surface area contributed by atoms with Gasteiger partial charge in [0, 0.05) is 23.6 Å². The largest absolute Gasteiger partial charge is 0.454 e. The first-order valence-electron chi connectivity index (χ1n) is 8.30. The topological polar surface area (TPSA) is 75.6 Å². The van der Waals surface area contributed by atoms with E-state index in [1.165, 1.54) is 6.92 Å². The van der Waals surface area contributed by atoms with Gasteiger partial charge in [-0.15, -0.1) is 0 Å². The fourth-order valence-electron chi connectivity index (χ4n) is 3.90. The monoisotopic (exact) mass is 337 g/mol. The van der Waals surface area contributed by atoms with E-state index in [9.17, 15) is 14.7 Å². The Bertz CT molecular complexity index is 920. The summed E-state index contributed by atoms with van der Waals surface area (Å²) in [5, 5.41) is 14.1. The molecule has 0 bridgehead atoms. The molecule has 2 unspecified atom stereocenters. The summed E-state index contributed by atoms with van der Waals surface area (Å²) in [5.41, 5.74) is 0.582. The number of fused-ring (bicyclic) bond motifs is 5. The van der Waals surface area contributed by atoms with Crippen molar-refractivity contribution in [2.24, 2.45) is 0 Å². The van der Waals surface area contributed by atoms with Crippen LogP contribution in [0.4, 0.5) is 0 Å². The van der Waals surface area contributed by atoms with Crippen LogP contribution in [0.2, 0.25) is 0 Å². The second kappa shape index (κ2) is 4.92. The van der Waals surface area contributed by atoms with Gasteiger partial charge in [0.2, 0.25) is 17.2 Å². The number of ether oxygens (including phenoxy) is 1. The van der Waals surface area contributed by atoms with E-state index in [1.54, 1.807) is 30.3 Å². The molecule has 0 aromatic heterocycles. The Morgan fingerprint density at radius 1 is 1.16 bits per heavy atom. The van der Waals surface area contributed by atoms with Gasteiger partial charge in [0.05, 0.1) is 0 Å². The number of ketones is 1. The van der Waals surface area contributed by atoms with Crippen LogP contribution < -0.4 is 10.1 Å². The standard InChI is InChI=1S/C20H19NO4/c1-11(2)13-8-9-16-17(10-13)25-20(24)15-7-5-4-6-14(15)18(23)19(16,20)21-12(3)22/h4-11,24H,1-3H3,(H,21,22). The normalized spacial score (nSPS) is 26.0. The maximum Gasteiger partial charge on any atom is 0.271 e. The number of benzene rings is 2. The van der Waals surface area contributed by atoms with E-state index in [0.717, 1.165) is 5.56 Å². The average molecular weight is 337 g/mol. The molecule has 5 nitrogen and oxygen atoms in total. The maximum atomic E-state index is 13.3. The lowest BCUT2D eigenvalue weighted by atomic mass is 9.82.